The standard InChI is InChI=1S/C7H9N.C2H4O2.C2H6/c1-6-3-4-8-7(2)5-6;1-4-2-3;1-2/h3-5H,1-2H3;2H,1H3;1-2H3. The van der Waals surface area contributed by atoms with Gasteiger partial charge in [0.15, 0.2) is 0 Å². The summed E-state index contributed by atoms with van der Waals surface area (Å²) in [4.78, 5) is 13.0. The van der Waals surface area contributed by atoms with Crippen molar-refractivity contribution in [3.8, 4) is 0 Å². The van der Waals surface area contributed by atoms with Gasteiger partial charge in [-0.05, 0) is 31.5 Å². The van der Waals surface area contributed by atoms with Gasteiger partial charge in [-0.1, -0.05) is 13.8 Å². The molecule has 0 aliphatic rings. The average Bonchev–Trinajstić information content (AvgIpc) is 2.21. The largest absolute Gasteiger partial charge is 0.471 e. The van der Waals surface area contributed by atoms with E-state index in [9.17, 15) is 0 Å². The van der Waals surface area contributed by atoms with Crippen molar-refractivity contribution in [2.45, 2.75) is 27.7 Å². The second-order valence-corrected chi connectivity index (χ2v) is 2.31. The third-order valence-corrected chi connectivity index (χ3v) is 1.15. The molecule has 14 heavy (non-hydrogen) atoms. The number of carbonyl (C=O) groups excluding carboxylic acids is 1. The van der Waals surface area contributed by atoms with Gasteiger partial charge in [0.25, 0.3) is 6.47 Å². The lowest BCUT2D eigenvalue weighted by Crippen LogP contribution is -1.78. The number of aromatic nitrogens is 1. The van der Waals surface area contributed by atoms with Gasteiger partial charge >= 0.3 is 0 Å². The molecule has 0 saturated carbocycles. The zero-order valence-electron chi connectivity index (χ0n) is 9.57. The van der Waals surface area contributed by atoms with E-state index in [-0.39, 0.29) is 0 Å². The molecule has 0 amide bonds. The predicted molar refractivity (Wildman–Crippen MR) is 58.1 cm³/mol. The van der Waals surface area contributed by atoms with Crippen LogP contribution in [0, 0.1) is 13.8 Å². The molecule has 0 unspecified atom stereocenters. The van der Waals surface area contributed by atoms with Gasteiger partial charge in [-0.15, -0.1) is 0 Å². The van der Waals surface area contributed by atoms with Crippen molar-refractivity contribution in [1.82, 2.24) is 4.98 Å². The first kappa shape index (κ1) is 15.1. The molecule has 3 nitrogen and oxygen atoms in total. The van der Waals surface area contributed by atoms with Crippen LogP contribution in [0.5, 0.6) is 0 Å². The van der Waals surface area contributed by atoms with Crippen LogP contribution in [0.15, 0.2) is 18.3 Å². The Kier molecular flexibility index (Phi) is 12.5. The molecule has 1 aromatic rings. The van der Waals surface area contributed by atoms with Crippen LogP contribution in [0.25, 0.3) is 0 Å². The first-order valence-corrected chi connectivity index (χ1v) is 4.56. The highest BCUT2D eigenvalue weighted by Gasteiger charge is 1.82. The van der Waals surface area contributed by atoms with Gasteiger partial charge in [0.2, 0.25) is 0 Å². The van der Waals surface area contributed by atoms with Crippen molar-refractivity contribution in [3.63, 3.8) is 0 Å². The monoisotopic (exact) mass is 197 g/mol. The van der Waals surface area contributed by atoms with Crippen LogP contribution >= 0.6 is 0 Å². The fraction of sp³-hybridized carbons (Fsp3) is 0.455. The third kappa shape index (κ3) is 10.6. The summed E-state index contributed by atoms with van der Waals surface area (Å²) in [5.41, 5.74) is 2.36. The zero-order chi connectivity index (χ0) is 11.4. The van der Waals surface area contributed by atoms with Crippen molar-refractivity contribution < 1.29 is 9.53 Å². The summed E-state index contributed by atoms with van der Waals surface area (Å²) in [7, 11) is 1.31. The molecule has 0 atom stereocenters. The highest BCUT2D eigenvalue weighted by Crippen LogP contribution is 1.95. The molecule has 1 heterocycles. The summed E-state index contributed by atoms with van der Waals surface area (Å²) in [6.07, 6.45) is 1.82. The summed E-state index contributed by atoms with van der Waals surface area (Å²) < 4.78 is 3.86. The highest BCUT2D eigenvalue weighted by atomic mass is 16.5. The van der Waals surface area contributed by atoms with Crippen molar-refractivity contribution in [1.29, 1.82) is 0 Å². The number of nitrogens with zero attached hydrogens (tertiary/aromatic N) is 1. The molecule has 80 valence electrons. The average molecular weight is 197 g/mol. The van der Waals surface area contributed by atoms with E-state index < -0.39 is 0 Å². The number of carbonyl (C=O) groups is 1. The highest BCUT2D eigenvalue weighted by molar-refractivity contribution is 5.36. The number of hydrogen-bond acceptors (Lipinski definition) is 3. The Bertz CT molecular complexity index is 219. The predicted octanol–water partition coefficient (Wildman–Crippen LogP) is 2.51. The summed E-state index contributed by atoms with van der Waals surface area (Å²) in [5.74, 6) is 0. The molecule has 3 heteroatoms. The summed E-state index contributed by atoms with van der Waals surface area (Å²) in [6.45, 7) is 8.43. The number of methoxy groups -OCH3 is 1. The molecular weight excluding hydrogens is 178 g/mol. The summed E-state index contributed by atoms with van der Waals surface area (Å²) in [5, 5.41) is 0. The van der Waals surface area contributed by atoms with Crippen LogP contribution in [-0.4, -0.2) is 18.6 Å². The molecular formula is C11H19NO2. The molecule has 0 aliphatic heterocycles. The number of pyridine rings is 1. The molecule has 0 radical (unpaired) electrons. The Labute approximate surface area is 86.1 Å². The van der Waals surface area contributed by atoms with Crippen LogP contribution in [0.4, 0.5) is 0 Å². The Morgan fingerprint density at radius 3 is 2.07 bits per heavy atom. The molecule has 0 aromatic carbocycles. The third-order valence-electron chi connectivity index (χ3n) is 1.15. The van der Waals surface area contributed by atoms with E-state index in [1.54, 1.807) is 0 Å². The van der Waals surface area contributed by atoms with Gasteiger partial charge in [-0.3, -0.25) is 9.78 Å². The maximum absolute atomic E-state index is 8.95. The van der Waals surface area contributed by atoms with Crippen LogP contribution in [0.2, 0.25) is 0 Å². The van der Waals surface area contributed by atoms with E-state index in [1.165, 1.54) is 12.7 Å². The molecule has 0 spiro atoms. The summed E-state index contributed by atoms with van der Waals surface area (Å²) >= 11 is 0. The minimum absolute atomic E-state index is 0.375. The zero-order valence-corrected chi connectivity index (χ0v) is 9.57. The van der Waals surface area contributed by atoms with Crippen LogP contribution in [0.1, 0.15) is 25.1 Å². The van der Waals surface area contributed by atoms with Gasteiger partial charge in [0, 0.05) is 11.9 Å². The lowest BCUT2D eigenvalue weighted by Gasteiger charge is -1.90. The van der Waals surface area contributed by atoms with E-state index in [4.69, 9.17) is 4.79 Å². The normalized spacial score (nSPS) is 7.21. The minimum atomic E-state index is 0.375. The maximum Gasteiger partial charge on any atom is 0.292 e. The molecule has 0 aliphatic carbocycles. The fourth-order valence-corrected chi connectivity index (χ4v) is 0.687. The second kappa shape index (κ2) is 11.6. The van der Waals surface area contributed by atoms with E-state index in [2.05, 4.69) is 22.7 Å². The Morgan fingerprint density at radius 1 is 1.36 bits per heavy atom. The maximum atomic E-state index is 8.95. The Morgan fingerprint density at radius 2 is 1.86 bits per heavy atom. The van der Waals surface area contributed by atoms with Crippen LogP contribution in [-0.2, 0) is 9.53 Å². The quantitative estimate of drug-likeness (QED) is 0.649. The Balaban J connectivity index is 0. The molecule has 0 fully saturated rings. The van der Waals surface area contributed by atoms with Crippen molar-refractivity contribution >= 4 is 6.47 Å². The number of hydrogen-bond donors (Lipinski definition) is 0. The SMILES string of the molecule is CC.COC=O.Cc1ccnc(C)c1. The summed E-state index contributed by atoms with van der Waals surface area (Å²) in [6, 6.07) is 4.05. The number of rotatable bonds is 1. The van der Waals surface area contributed by atoms with Gasteiger partial charge in [-0.25, -0.2) is 0 Å². The first-order valence-electron chi connectivity index (χ1n) is 4.56. The van der Waals surface area contributed by atoms with E-state index in [1.807, 2.05) is 33.0 Å². The Hall–Kier alpha value is -1.38. The minimum Gasteiger partial charge on any atom is -0.471 e. The number of ether oxygens (including phenoxy) is 1. The number of aryl methyl sites for hydroxylation is 2. The van der Waals surface area contributed by atoms with Gasteiger partial charge in [0.05, 0.1) is 7.11 Å². The van der Waals surface area contributed by atoms with Crippen molar-refractivity contribution in [2.75, 3.05) is 7.11 Å². The molecule has 0 saturated heterocycles. The molecule has 0 bridgehead atoms. The lowest BCUT2D eigenvalue weighted by molar-refractivity contribution is -0.126. The van der Waals surface area contributed by atoms with Crippen LogP contribution < -0.4 is 0 Å². The first-order chi connectivity index (χ1) is 6.70. The van der Waals surface area contributed by atoms with Crippen molar-refractivity contribution in [2.24, 2.45) is 0 Å². The second-order valence-electron chi connectivity index (χ2n) is 2.31. The molecule has 1 rings (SSSR count). The van der Waals surface area contributed by atoms with Crippen molar-refractivity contribution in [3.05, 3.63) is 29.6 Å². The van der Waals surface area contributed by atoms with Gasteiger partial charge < -0.3 is 4.74 Å². The topological polar surface area (TPSA) is 39.2 Å². The van der Waals surface area contributed by atoms with Gasteiger partial charge in [0.1, 0.15) is 0 Å². The lowest BCUT2D eigenvalue weighted by atomic mass is 10.3. The molecule has 0 N–H and O–H groups in total. The van der Waals surface area contributed by atoms with E-state index in [0.29, 0.717) is 6.47 Å². The van der Waals surface area contributed by atoms with E-state index in [0.717, 1.165) is 5.69 Å². The molecule has 1 aromatic heterocycles. The van der Waals surface area contributed by atoms with Gasteiger partial charge in [-0.2, -0.15) is 0 Å². The van der Waals surface area contributed by atoms with Crippen LogP contribution in [0.3, 0.4) is 0 Å². The fourth-order valence-electron chi connectivity index (χ4n) is 0.687. The smallest absolute Gasteiger partial charge is 0.292 e. The van der Waals surface area contributed by atoms with E-state index >= 15 is 0 Å².